The molecule has 0 aromatic heterocycles. The van der Waals surface area contributed by atoms with E-state index in [4.69, 9.17) is 5.26 Å². The summed E-state index contributed by atoms with van der Waals surface area (Å²) in [7, 11) is 0. The number of hydrogen-bond donors (Lipinski definition) is 0. The van der Waals surface area contributed by atoms with Crippen molar-refractivity contribution in [3.8, 4) is 6.07 Å². The van der Waals surface area contributed by atoms with Gasteiger partial charge in [0.05, 0.1) is 11.3 Å². The average Bonchev–Trinajstić information content (AvgIpc) is 2.58. The van der Waals surface area contributed by atoms with Gasteiger partial charge in [0.15, 0.2) is 0 Å². The lowest BCUT2D eigenvalue weighted by molar-refractivity contribution is -0.121. The Balaban J connectivity index is 2.55. The molecule has 2 rings (SSSR count). The van der Waals surface area contributed by atoms with Gasteiger partial charge in [0.25, 0.3) is 0 Å². The minimum Gasteiger partial charge on any atom is -0.274 e. The zero-order valence-electron chi connectivity index (χ0n) is 8.24. The Morgan fingerprint density at radius 2 is 1.88 bits per heavy atom. The van der Waals surface area contributed by atoms with E-state index in [0.717, 1.165) is 9.37 Å². The highest BCUT2D eigenvalue weighted by Crippen LogP contribution is 2.28. The molecule has 0 saturated carbocycles. The van der Waals surface area contributed by atoms with Crippen molar-refractivity contribution in [3.63, 3.8) is 0 Å². The van der Waals surface area contributed by atoms with Crippen molar-refractivity contribution in [1.82, 2.24) is 0 Å². The number of hydrogen-bond acceptors (Lipinski definition) is 3. The fraction of sp³-hybridized carbons (Fsp3) is 0.182. The number of rotatable bonds is 1. The first kappa shape index (κ1) is 10.8. The van der Waals surface area contributed by atoms with Gasteiger partial charge >= 0.3 is 0 Å². The summed E-state index contributed by atoms with van der Waals surface area (Å²) >= 11 is 3.25. The Morgan fingerprint density at radius 3 is 2.44 bits per heavy atom. The highest BCUT2D eigenvalue weighted by Gasteiger charge is 2.31. The molecule has 0 spiro atoms. The van der Waals surface area contributed by atoms with Gasteiger partial charge in [-0.2, -0.15) is 5.26 Å². The van der Waals surface area contributed by atoms with Crippen molar-refractivity contribution < 1.29 is 9.59 Å². The van der Waals surface area contributed by atoms with E-state index in [-0.39, 0.29) is 24.7 Å². The van der Waals surface area contributed by atoms with Crippen LogP contribution in [0.1, 0.15) is 18.4 Å². The van der Waals surface area contributed by atoms with Crippen molar-refractivity contribution in [3.05, 3.63) is 28.2 Å². The summed E-state index contributed by atoms with van der Waals surface area (Å²) in [6.07, 6.45) is 0.437. The highest BCUT2D eigenvalue weighted by molar-refractivity contribution is 9.10. The summed E-state index contributed by atoms with van der Waals surface area (Å²) in [5.74, 6) is -0.501. The molecular weight excluding hydrogens is 272 g/mol. The second-order valence-corrected chi connectivity index (χ2v) is 4.31. The second kappa shape index (κ2) is 4.06. The maximum absolute atomic E-state index is 11.5. The Kier molecular flexibility index (Phi) is 2.75. The lowest BCUT2D eigenvalue weighted by atomic mass is 10.2. The van der Waals surface area contributed by atoms with Gasteiger partial charge in [-0.25, -0.2) is 4.90 Å². The molecule has 2 amide bonds. The van der Waals surface area contributed by atoms with E-state index in [1.54, 1.807) is 18.2 Å². The van der Waals surface area contributed by atoms with Crippen LogP contribution in [0.15, 0.2) is 22.7 Å². The van der Waals surface area contributed by atoms with Crippen LogP contribution in [0.25, 0.3) is 0 Å². The van der Waals surface area contributed by atoms with Gasteiger partial charge in [-0.3, -0.25) is 9.59 Å². The minimum absolute atomic E-state index is 0.218. The number of nitriles is 1. The van der Waals surface area contributed by atoms with Crippen molar-refractivity contribution in [1.29, 1.82) is 5.26 Å². The first-order chi connectivity index (χ1) is 7.63. The first-order valence-electron chi connectivity index (χ1n) is 4.69. The number of carbonyl (C=O) groups excluding carboxylic acids is 2. The Bertz CT molecular complexity index is 503. The predicted octanol–water partition coefficient (Wildman–Crippen LogP) is 1.97. The predicted molar refractivity (Wildman–Crippen MR) is 60.6 cm³/mol. The summed E-state index contributed by atoms with van der Waals surface area (Å²) in [5, 5.41) is 8.93. The number of imide groups is 1. The maximum atomic E-state index is 11.5. The summed E-state index contributed by atoms with van der Waals surface area (Å²) in [6, 6.07) is 6.87. The van der Waals surface area contributed by atoms with E-state index < -0.39 is 0 Å². The molecule has 80 valence electrons. The SMILES string of the molecule is N#Cc1ccc(Br)cc1N1C(=O)CCC1=O. The number of amides is 2. The smallest absolute Gasteiger partial charge is 0.234 e. The van der Waals surface area contributed by atoms with Crippen LogP contribution in [-0.4, -0.2) is 11.8 Å². The monoisotopic (exact) mass is 278 g/mol. The summed E-state index contributed by atoms with van der Waals surface area (Å²) in [6.45, 7) is 0. The van der Waals surface area contributed by atoms with Crippen LogP contribution in [0, 0.1) is 11.3 Å². The van der Waals surface area contributed by atoms with Crippen LogP contribution in [0.5, 0.6) is 0 Å². The minimum atomic E-state index is -0.250. The van der Waals surface area contributed by atoms with Crippen LogP contribution in [0.2, 0.25) is 0 Å². The molecule has 5 heteroatoms. The second-order valence-electron chi connectivity index (χ2n) is 3.40. The molecule has 1 aromatic carbocycles. The highest BCUT2D eigenvalue weighted by atomic mass is 79.9. The number of anilines is 1. The maximum Gasteiger partial charge on any atom is 0.234 e. The normalized spacial score (nSPS) is 15.4. The number of halogens is 1. The van der Waals surface area contributed by atoms with Gasteiger partial charge in [0.2, 0.25) is 11.8 Å². The molecule has 0 atom stereocenters. The molecule has 1 aliphatic heterocycles. The number of benzene rings is 1. The molecule has 0 aliphatic carbocycles. The van der Waals surface area contributed by atoms with Gasteiger partial charge in [-0.1, -0.05) is 15.9 Å². The van der Waals surface area contributed by atoms with Crippen LogP contribution < -0.4 is 4.90 Å². The molecule has 0 unspecified atom stereocenters. The van der Waals surface area contributed by atoms with Crippen LogP contribution in [-0.2, 0) is 9.59 Å². The Hall–Kier alpha value is -1.67. The molecule has 0 radical (unpaired) electrons. The molecule has 1 heterocycles. The van der Waals surface area contributed by atoms with E-state index in [1.165, 1.54) is 0 Å². The lowest BCUT2D eigenvalue weighted by Gasteiger charge is -2.15. The summed E-state index contributed by atoms with van der Waals surface area (Å²) in [5.41, 5.74) is 0.691. The molecule has 1 fully saturated rings. The van der Waals surface area contributed by atoms with Gasteiger partial charge in [0, 0.05) is 17.3 Å². The van der Waals surface area contributed by atoms with E-state index in [2.05, 4.69) is 15.9 Å². The zero-order valence-corrected chi connectivity index (χ0v) is 9.82. The largest absolute Gasteiger partial charge is 0.274 e. The third kappa shape index (κ3) is 1.72. The third-order valence-electron chi connectivity index (χ3n) is 2.37. The van der Waals surface area contributed by atoms with Gasteiger partial charge in [-0.15, -0.1) is 0 Å². The molecule has 0 bridgehead atoms. The van der Waals surface area contributed by atoms with Crippen LogP contribution in [0.3, 0.4) is 0 Å². The molecule has 1 saturated heterocycles. The number of nitrogens with zero attached hydrogens (tertiary/aromatic N) is 2. The topological polar surface area (TPSA) is 61.2 Å². The van der Waals surface area contributed by atoms with Crippen LogP contribution in [0.4, 0.5) is 5.69 Å². The van der Waals surface area contributed by atoms with E-state index in [9.17, 15) is 9.59 Å². The van der Waals surface area contributed by atoms with E-state index in [1.807, 2.05) is 6.07 Å². The molecule has 0 N–H and O–H groups in total. The number of carbonyl (C=O) groups is 2. The van der Waals surface area contributed by atoms with E-state index in [0.29, 0.717) is 11.3 Å². The summed E-state index contributed by atoms with van der Waals surface area (Å²) < 4.78 is 0.731. The van der Waals surface area contributed by atoms with Crippen molar-refractivity contribution in [2.45, 2.75) is 12.8 Å². The average molecular weight is 279 g/mol. The summed E-state index contributed by atoms with van der Waals surface area (Å²) in [4.78, 5) is 24.2. The fourth-order valence-corrected chi connectivity index (χ4v) is 1.98. The molecule has 1 aromatic rings. The molecule has 16 heavy (non-hydrogen) atoms. The quantitative estimate of drug-likeness (QED) is 0.738. The van der Waals surface area contributed by atoms with Crippen LogP contribution >= 0.6 is 15.9 Å². The third-order valence-corrected chi connectivity index (χ3v) is 2.87. The molecule has 1 aliphatic rings. The van der Waals surface area contributed by atoms with Gasteiger partial charge < -0.3 is 0 Å². The van der Waals surface area contributed by atoms with Gasteiger partial charge in [0.1, 0.15) is 6.07 Å². The molecule has 4 nitrogen and oxygen atoms in total. The Morgan fingerprint density at radius 1 is 1.25 bits per heavy atom. The van der Waals surface area contributed by atoms with E-state index >= 15 is 0 Å². The Labute approximate surface area is 101 Å². The zero-order chi connectivity index (χ0) is 11.7. The van der Waals surface area contributed by atoms with Crippen molar-refractivity contribution in [2.75, 3.05) is 4.90 Å². The fourth-order valence-electron chi connectivity index (χ4n) is 1.63. The van der Waals surface area contributed by atoms with Crippen molar-refractivity contribution >= 4 is 33.4 Å². The van der Waals surface area contributed by atoms with Crippen molar-refractivity contribution in [2.24, 2.45) is 0 Å². The standard InChI is InChI=1S/C11H7BrN2O2/c12-8-2-1-7(6-13)9(5-8)14-10(15)3-4-11(14)16/h1-2,5H,3-4H2. The first-order valence-corrected chi connectivity index (χ1v) is 5.48. The lowest BCUT2D eigenvalue weighted by Crippen LogP contribution is -2.29. The van der Waals surface area contributed by atoms with Gasteiger partial charge in [-0.05, 0) is 18.2 Å². The molecular formula is C11H7BrN2O2.